The van der Waals surface area contributed by atoms with Crippen LogP contribution in [0.2, 0.25) is 0 Å². The van der Waals surface area contributed by atoms with Crippen LogP contribution in [0.4, 0.5) is 10.5 Å². The molecule has 1 aliphatic rings. The largest absolute Gasteiger partial charge is 0.444 e. The molecule has 0 aromatic heterocycles. The molecule has 1 aromatic carbocycles. The highest BCUT2D eigenvalue weighted by Crippen LogP contribution is 2.22. The van der Waals surface area contributed by atoms with Crippen LogP contribution in [-0.4, -0.2) is 48.0 Å². The van der Waals surface area contributed by atoms with Crippen molar-refractivity contribution in [1.29, 1.82) is 0 Å². The molecule has 0 spiro atoms. The first-order chi connectivity index (χ1) is 13.5. The van der Waals surface area contributed by atoms with Crippen molar-refractivity contribution in [3.05, 3.63) is 28.8 Å². The minimum Gasteiger partial charge on any atom is -0.444 e. The van der Waals surface area contributed by atoms with Gasteiger partial charge in [0, 0.05) is 24.7 Å². The molecule has 0 aliphatic carbocycles. The molecule has 2 N–H and O–H groups in total. The summed E-state index contributed by atoms with van der Waals surface area (Å²) in [6, 6.07) is 4.03. The van der Waals surface area contributed by atoms with E-state index in [0.717, 1.165) is 22.4 Å². The summed E-state index contributed by atoms with van der Waals surface area (Å²) in [6.45, 7) is 12.3. The lowest BCUT2D eigenvalue weighted by atomic mass is 9.96. The lowest BCUT2D eigenvalue weighted by molar-refractivity contribution is -0.128. The van der Waals surface area contributed by atoms with Crippen LogP contribution >= 0.6 is 0 Å². The first-order valence-corrected chi connectivity index (χ1v) is 10.1. The van der Waals surface area contributed by atoms with Gasteiger partial charge in [0.05, 0.1) is 6.54 Å². The molecule has 0 radical (unpaired) electrons. The van der Waals surface area contributed by atoms with E-state index in [1.807, 2.05) is 53.7 Å². The van der Waals surface area contributed by atoms with Crippen molar-refractivity contribution in [1.82, 2.24) is 10.2 Å². The van der Waals surface area contributed by atoms with Gasteiger partial charge in [0.25, 0.3) is 0 Å². The maximum absolute atomic E-state index is 12.4. The molecule has 7 nitrogen and oxygen atoms in total. The second-order valence-electron chi connectivity index (χ2n) is 8.78. The van der Waals surface area contributed by atoms with Crippen molar-refractivity contribution in [2.45, 2.75) is 60.0 Å². The predicted octanol–water partition coefficient (Wildman–Crippen LogP) is 3.31. The summed E-state index contributed by atoms with van der Waals surface area (Å²) in [5, 5.41) is 5.60. The van der Waals surface area contributed by atoms with Gasteiger partial charge >= 0.3 is 6.09 Å². The molecule has 7 heteroatoms. The molecule has 29 heavy (non-hydrogen) atoms. The van der Waals surface area contributed by atoms with E-state index in [9.17, 15) is 14.4 Å². The monoisotopic (exact) mass is 403 g/mol. The second kappa shape index (κ2) is 9.29. The number of carbonyl (C=O) groups excluding carboxylic acids is 3. The van der Waals surface area contributed by atoms with Crippen molar-refractivity contribution in [2.24, 2.45) is 5.92 Å². The Kier molecular flexibility index (Phi) is 7.27. The van der Waals surface area contributed by atoms with Gasteiger partial charge in [-0.15, -0.1) is 0 Å². The van der Waals surface area contributed by atoms with E-state index in [-0.39, 0.29) is 30.4 Å². The van der Waals surface area contributed by atoms with Gasteiger partial charge in [-0.3, -0.25) is 9.59 Å². The Balaban J connectivity index is 1.79. The molecule has 1 heterocycles. The summed E-state index contributed by atoms with van der Waals surface area (Å²) in [7, 11) is 0. The number of ether oxygens (including phenoxy) is 1. The number of likely N-dealkylation sites (tertiary alicyclic amines) is 1. The fourth-order valence-corrected chi connectivity index (χ4v) is 3.52. The van der Waals surface area contributed by atoms with Gasteiger partial charge in [-0.1, -0.05) is 17.7 Å². The third-order valence-electron chi connectivity index (χ3n) is 4.88. The third kappa shape index (κ3) is 6.76. The molecule has 3 amide bonds. The zero-order valence-electron chi connectivity index (χ0n) is 18.3. The van der Waals surface area contributed by atoms with Crippen LogP contribution in [0.15, 0.2) is 12.1 Å². The Morgan fingerprint density at radius 3 is 2.14 bits per heavy atom. The number of piperidine rings is 1. The molecule has 0 saturated carbocycles. The molecule has 1 fully saturated rings. The second-order valence-corrected chi connectivity index (χ2v) is 8.78. The fraction of sp³-hybridized carbons (Fsp3) is 0.591. The van der Waals surface area contributed by atoms with Crippen LogP contribution in [0, 0.1) is 26.7 Å². The Labute approximate surface area is 173 Å². The Morgan fingerprint density at radius 2 is 1.62 bits per heavy atom. The summed E-state index contributed by atoms with van der Waals surface area (Å²) in [5.41, 5.74) is 3.39. The summed E-state index contributed by atoms with van der Waals surface area (Å²) < 4.78 is 5.37. The number of hydrogen-bond acceptors (Lipinski definition) is 4. The Morgan fingerprint density at radius 1 is 1.07 bits per heavy atom. The number of nitrogens with zero attached hydrogens (tertiary/aromatic N) is 1. The quantitative estimate of drug-likeness (QED) is 0.807. The number of aryl methyl sites for hydroxylation is 3. The molecule has 2 rings (SSSR count). The van der Waals surface area contributed by atoms with E-state index in [2.05, 4.69) is 10.6 Å². The maximum Gasteiger partial charge on any atom is 0.410 e. The van der Waals surface area contributed by atoms with Gasteiger partial charge in [0.2, 0.25) is 11.8 Å². The van der Waals surface area contributed by atoms with E-state index < -0.39 is 5.60 Å². The summed E-state index contributed by atoms with van der Waals surface area (Å²) >= 11 is 0. The van der Waals surface area contributed by atoms with Crippen molar-refractivity contribution in [3.63, 3.8) is 0 Å². The summed E-state index contributed by atoms with van der Waals surface area (Å²) in [4.78, 5) is 38.4. The zero-order chi connectivity index (χ0) is 21.8. The van der Waals surface area contributed by atoms with E-state index in [0.29, 0.717) is 25.9 Å². The van der Waals surface area contributed by atoms with Gasteiger partial charge in [-0.2, -0.15) is 0 Å². The highest BCUT2D eigenvalue weighted by atomic mass is 16.6. The van der Waals surface area contributed by atoms with E-state index in [1.54, 1.807) is 4.90 Å². The highest BCUT2D eigenvalue weighted by Gasteiger charge is 2.30. The van der Waals surface area contributed by atoms with Gasteiger partial charge in [0.15, 0.2) is 0 Å². The molecule has 0 bridgehead atoms. The number of hydrogen-bond donors (Lipinski definition) is 2. The molecule has 0 unspecified atom stereocenters. The highest BCUT2D eigenvalue weighted by molar-refractivity contribution is 5.96. The zero-order valence-corrected chi connectivity index (χ0v) is 18.3. The van der Waals surface area contributed by atoms with Crippen LogP contribution in [0.25, 0.3) is 0 Å². The summed E-state index contributed by atoms with van der Waals surface area (Å²) in [6.07, 6.45) is 0.769. The molecule has 1 saturated heterocycles. The topological polar surface area (TPSA) is 87.7 Å². The Hall–Kier alpha value is -2.57. The maximum atomic E-state index is 12.4. The number of anilines is 1. The van der Waals surface area contributed by atoms with Gasteiger partial charge < -0.3 is 20.3 Å². The Bertz CT molecular complexity index is 752. The number of benzene rings is 1. The lowest BCUT2D eigenvalue weighted by Crippen LogP contribution is -2.45. The number of carbonyl (C=O) groups is 3. The third-order valence-corrected chi connectivity index (χ3v) is 4.88. The predicted molar refractivity (Wildman–Crippen MR) is 113 cm³/mol. The first-order valence-electron chi connectivity index (χ1n) is 10.1. The van der Waals surface area contributed by atoms with E-state index in [4.69, 9.17) is 4.74 Å². The average molecular weight is 404 g/mol. The SMILES string of the molecule is Cc1cc(C)c(NC(=O)CNC(=O)C2CCN(C(=O)OC(C)(C)C)CC2)c(C)c1. The standard InChI is InChI=1S/C22H33N3O4/c1-14-11-15(2)19(16(3)12-14)24-18(26)13-23-20(27)17-7-9-25(10-8-17)21(28)29-22(4,5)6/h11-12,17H,7-10,13H2,1-6H3,(H,23,27)(H,24,26). The fourth-order valence-electron chi connectivity index (χ4n) is 3.52. The van der Waals surface area contributed by atoms with E-state index in [1.165, 1.54) is 0 Å². The molecular weight excluding hydrogens is 370 g/mol. The minimum atomic E-state index is -0.535. The van der Waals surface area contributed by atoms with Crippen LogP contribution < -0.4 is 10.6 Å². The van der Waals surface area contributed by atoms with Crippen molar-refractivity contribution < 1.29 is 19.1 Å². The summed E-state index contributed by atoms with van der Waals surface area (Å²) in [5.74, 6) is -0.606. The molecular formula is C22H33N3O4. The van der Waals surface area contributed by atoms with Crippen molar-refractivity contribution in [3.8, 4) is 0 Å². The normalized spacial score (nSPS) is 15.0. The van der Waals surface area contributed by atoms with Crippen LogP contribution in [-0.2, 0) is 14.3 Å². The number of nitrogens with one attached hydrogen (secondary N) is 2. The molecule has 1 aromatic rings. The van der Waals surface area contributed by atoms with Crippen molar-refractivity contribution >= 4 is 23.6 Å². The van der Waals surface area contributed by atoms with Gasteiger partial charge in [-0.05, 0) is 65.5 Å². The van der Waals surface area contributed by atoms with Crippen LogP contribution in [0.1, 0.15) is 50.3 Å². The minimum absolute atomic E-state index is 0.0716. The smallest absolute Gasteiger partial charge is 0.410 e. The molecule has 1 aliphatic heterocycles. The van der Waals surface area contributed by atoms with Crippen molar-refractivity contribution in [2.75, 3.05) is 25.0 Å². The molecule has 160 valence electrons. The van der Waals surface area contributed by atoms with Crippen LogP contribution in [0.5, 0.6) is 0 Å². The van der Waals surface area contributed by atoms with Crippen LogP contribution in [0.3, 0.4) is 0 Å². The van der Waals surface area contributed by atoms with Gasteiger partial charge in [0.1, 0.15) is 5.60 Å². The first kappa shape index (κ1) is 22.7. The molecule has 0 atom stereocenters. The van der Waals surface area contributed by atoms with E-state index >= 15 is 0 Å². The average Bonchev–Trinajstić information content (AvgIpc) is 2.61. The number of rotatable bonds is 4. The van der Waals surface area contributed by atoms with Gasteiger partial charge in [-0.25, -0.2) is 4.79 Å². The number of amides is 3. The lowest BCUT2D eigenvalue weighted by Gasteiger charge is -2.32.